The van der Waals surface area contributed by atoms with Crippen LogP contribution in [0.4, 0.5) is 11.4 Å². The van der Waals surface area contributed by atoms with Gasteiger partial charge in [0.05, 0.1) is 11.4 Å². The van der Waals surface area contributed by atoms with Crippen molar-refractivity contribution in [1.29, 1.82) is 0 Å². The van der Waals surface area contributed by atoms with E-state index in [1.54, 1.807) is 0 Å². The Morgan fingerprint density at radius 1 is 1.26 bits per heavy atom. The van der Waals surface area contributed by atoms with Gasteiger partial charge in [-0.2, -0.15) is 0 Å². The highest BCUT2D eigenvalue weighted by Gasteiger charge is 2.32. The van der Waals surface area contributed by atoms with Crippen LogP contribution in [0.3, 0.4) is 0 Å². The molecule has 1 amide bonds. The van der Waals surface area contributed by atoms with Crippen molar-refractivity contribution in [3.63, 3.8) is 0 Å². The first-order chi connectivity index (χ1) is 9.18. The third-order valence-corrected chi connectivity index (χ3v) is 4.30. The minimum absolute atomic E-state index is 0.107. The van der Waals surface area contributed by atoms with Crippen LogP contribution in [-0.2, 0) is 11.2 Å². The smallest absolute Gasteiger partial charge is 0.244 e. The maximum absolute atomic E-state index is 12.5. The van der Waals surface area contributed by atoms with Gasteiger partial charge in [0.2, 0.25) is 5.91 Å². The Kier molecular flexibility index (Phi) is 3.09. The van der Waals surface area contributed by atoms with Crippen LogP contribution in [0, 0.1) is 0 Å². The van der Waals surface area contributed by atoms with Gasteiger partial charge >= 0.3 is 0 Å². The van der Waals surface area contributed by atoms with Crippen LogP contribution in [0.1, 0.15) is 25.3 Å². The van der Waals surface area contributed by atoms with E-state index >= 15 is 0 Å². The number of hydrogen-bond acceptors (Lipinski definition) is 3. The number of carbonyl (C=O) groups excluding carboxylic acids is 1. The van der Waals surface area contributed by atoms with Crippen LogP contribution in [0.5, 0.6) is 0 Å². The van der Waals surface area contributed by atoms with Crippen molar-refractivity contribution in [2.45, 2.75) is 32.2 Å². The van der Waals surface area contributed by atoms with Crippen molar-refractivity contribution in [1.82, 2.24) is 4.90 Å². The number of carbonyl (C=O) groups is 1. The van der Waals surface area contributed by atoms with Crippen LogP contribution in [0.25, 0.3) is 0 Å². The van der Waals surface area contributed by atoms with Gasteiger partial charge in [-0.15, -0.1) is 0 Å². The van der Waals surface area contributed by atoms with Crippen LogP contribution >= 0.6 is 0 Å². The molecule has 1 aromatic carbocycles. The summed E-state index contributed by atoms with van der Waals surface area (Å²) in [5.74, 6) is 0.244. The van der Waals surface area contributed by atoms with Crippen molar-refractivity contribution >= 4 is 17.3 Å². The van der Waals surface area contributed by atoms with E-state index < -0.39 is 0 Å². The topological polar surface area (TPSA) is 49.6 Å². The van der Waals surface area contributed by atoms with Gasteiger partial charge in [-0.25, -0.2) is 0 Å². The fourth-order valence-corrected chi connectivity index (χ4v) is 3.24. The largest absolute Gasteiger partial charge is 0.397 e. The van der Waals surface area contributed by atoms with Gasteiger partial charge < -0.3 is 15.5 Å². The van der Waals surface area contributed by atoms with Crippen molar-refractivity contribution in [2.75, 3.05) is 30.3 Å². The first kappa shape index (κ1) is 12.3. The molecule has 1 unspecified atom stereocenters. The molecule has 4 nitrogen and oxygen atoms in total. The number of fused-ring (bicyclic) bond motifs is 1. The van der Waals surface area contributed by atoms with Gasteiger partial charge in [0.25, 0.3) is 0 Å². The Hall–Kier alpha value is -1.71. The molecule has 2 aliphatic rings. The SMILES string of the molecule is CC(C(=O)N1CCCC1)N1CCc2cccc(N)c21. The van der Waals surface area contributed by atoms with Gasteiger partial charge in [-0.05, 0) is 37.8 Å². The molecule has 0 saturated carbocycles. The first-order valence-electron chi connectivity index (χ1n) is 7.11. The average Bonchev–Trinajstić information content (AvgIpc) is 3.06. The van der Waals surface area contributed by atoms with E-state index in [1.807, 2.05) is 24.0 Å². The predicted molar refractivity (Wildman–Crippen MR) is 77.2 cm³/mol. The summed E-state index contributed by atoms with van der Waals surface area (Å²) in [6.45, 7) is 4.72. The number of nitrogens with zero attached hydrogens (tertiary/aromatic N) is 2. The lowest BCUT2D eigenvalue weighted by molar-refractivity contribution is -0.131. The summed E-state index contributed by atoms with van der Waals surface area (Å²) in [7, 11) is 0. The molecule has 0 bridgehead atoms. The summed E-state index contributed by atoms with van der Waals surface area (Å²) in [6.07, 6.45) is 3.26. The molecule has 0 aromatic heterocycles. The Labute approximate surface area is 114 Å². The van der Waals surface area contributed by atoms with E-state index in [4.69, 9.17) is 5.73 Å². The number of hydrogen-bond donors (Lipinski definition) is 1. The highest BCUT2D eigenvalue weighted by atomic mass is 16.2. The number of amides is 1. The number of para-hydroxylation sites is 1. The van der Waals surface area contributed by atoms with Crippen LogP contribution in [0.2, 0.25) is 0 Å². The fraction of sp³-hybridized carbons (Fsp3) is 0.533. The Morgan fingerprint density at radius 2 is 2.00 bits per heavy atom. The Morgan fingerprint density at radius 3 is 2.74 bits per heavy atom. The molecular weight excluding hydrogens is 238 g/mol. The molecular formula is C15H21N3O. The van der Waals surface area contributed by atoms with E-state index in [1.165, 1.54) is 5.56 Å². The molecule has 0 aliphatic carbocycles. The summed E-state index contributed by atoms with van der Waals surface area (Å²) in [4.78, 5) is 16.7. The number of nitrogens with two attached hydrogens (primary N) is 1. The zero-order valence-corrected chi connectivity index (χ0v) is 11.4. The first-order valence-corrected chi connectivity index (χ1v) is 7.11. The minimum Gasteiger partial charge on any atom is -0.397 e. The fourth-order valence-electron chi connectivity index (χ4n) is 3.24. The van der Waals surface area contributed by atoms with Gasteiger partial charge in [-0.1, -0.05) is 12.1 Å². The second kappa shape index (κ2) is 4.76. The van der Waals surface area contributed by atoms with Crippen molar-refractivity contribution in [3.8, 4) is 0 Å². The van der Waals surface area contributed by atoms with Gasteiger partial charge in [0.15, 0.2) is 0 Å². The Balaban J connectivity index is 1.83. The number of nitrogen functional groups attached to an aromatic ring is 1. The molecule has 0 radical (unpaired) electrons. The van der Waals surface area contributed by atoms with Crippen LogP contribution in [-0.4, -0.2) is 36.5 Å². The molecule has 1 saturated heterocycles. The lowest BCUT2D eigenvalue weighted by Crippen LogP contribution is -2.45. The van der Waals surface area contributed by atoms with E-state index in [0.29, 0.717) is 0 Å². The predicted octanol–water partition coefficient (Wildman–Crippen LogP) is 1.64. The average molecular weight is 259 g/mol. The molecule has 0 spiro atoms. The number of anilines is 2. The molecule has 1 atom stereocenters. The molecule has 1 fully saturated rings. The summed E-state index contributed by atoms with van der Waals surface area (Å²) in [5.41, 5.74) is 9.21. The number of likely N-dealkylation sites (tertiary alicyclic amines) is 1. The van der Waals surface area contributed by atoms with Crippen molar-refractivity contribution in [3.05, 3.63) is 23.8 Å². The third kappa shape index (κ3) is 2.05. The number of rotatable bonds is 2. The quantitative estimate of drug-likeness (QED) is 0.821. The van der Waals surface area contributed by atoms with E-state index in [9.17, 15) is 4.79 Å². The van der Waals surface area contributed by atoms with E-state index in [-0.39, 0.29) is 11.9 Å². The summed E-state index contributed by atoms with van der Waals surface area (Å²) in [6, 6.07) is 5.91. The lowest BCUT2D eigenvalue weighted by atomic mass is 10.1. The van der Waals surface area contributed by atoms with Gasteiger partial charge in [-0.3, -0.25) is 4.79 Å². The second-order valence-electron chi connectivity index (χ2n) is 5.51. The normalized spacial score (nSPS) is 19.6. The molecule has 102 valence electrons. The second-order valence-corrected chi connectivity index (χ2v) is 5.51. The van der Waals surface area contributed by atoms with Gasteiger partial charge in [0, 0.05) is 19.6 Å². The maximum Gasteiger partial charge on any atom is 0.244 e. The zero-order valence-electron chi connectivity index (χ0n) is 11.4. The molecule has 19 heavy (non-hydrogen) atoms. The molecule has 4 heteroatoms. The highest BCUT2D eigenvalue weighted by molar-refractivity contribution is 5.88. The zero-order chi connectivity index (χ0) is 13.4. The monoisotopic (exact) mass is 259 g/mol. The summed E-state index contributed by atoms with van der Waals surface area (Å²) >= 11 is 0. The number of benzene rings is 1. The highest BCUT2D eigenvalue weighted by Crippen LogP contribution is 2.35. The Bertz CT molecular complexity index is 494. The van der Waals surface area contributed by atoms with Crippen LogP contribution < -0.4 is 10.6 Å². The molecule has 1 aromatic rings. The molecule has 2 heterocycles. The van der Waals surface area contributed by atoms with Gasteiger partial charge in [0.1, 0.15) is 6.04 Å². The van der Waals surface area contributed by atoms with Crippen molar-refractivity contribution < 1.29 is 4.79 Å². The summed E-state index contributed by atoms with van der Waals surface area (Å²) < 4.78 is 0. The van der Waals surface area contributed by atoms with E-state index in [2.05, 4.69) is 11.0 Å². The summed E-state index contributed by atoms with van der Waals surface area (Å²) in [5, 5.41) is 0. The molecule has 2 N–H and O–H groups in total. The molecule has 2 aliphatic heterocycles. The maximum atomic E-state index is 12.5. The van der Waals surface area contributed by atoms with Crippen LogP contribution in [0.15, 0.2) is 18.2 Å². The minimum atomic E-state index is -0.107. The van der Waals surface area contributed by atoms with E-state index in [0.717, 1.165) is 50.3 Å². The standard InChI is InChI=1S/C15H21N3O/c1-11(15(19)17-8-2-3-9-17)18-10-7-12-5-4-6-13(16)14(12)18/h4-6,11H,2-3,7-10,16H2,1H3. The third-order valence-electron chi connectivity index (χ3n) is 4.30. The molecule has 3 rings (SSSR count). The van der Waals surface area contributed by atoms with Crippen molar-refractivity contribution in [2.24, 2.45) is 0 Å². The lowest BCUT2D eigenvalue weighted by Gasteiger charge is -2.30.